The van der Waals surface area contributed by atoms with E-state index in [1.165, 1.54) is 0 Å². The maximum absolute atomic E-state index is 7.49. The fourth-order valence-electron chi connectivity index (χ4n) is 1.07. The molecule has 0 radical (unpaired) electrons. The molecule has 0 aromatic heterocycles. The number of hydrogen-bond acceptors (Lipinski definition) is 1. The van der Waals surface area contributed by atoms with Crippen LogP contribution in [0.2, 0.25) is 0 Å². The molecular weight excluding hydrogens is 110 g/mol. The molecular formula is C8H17N. The van der Waals surface area contributed by atoms with E-state index < -0.39 is 0 Å². The molecule has 0 saturated heterocycles. The van der Waals surface area contributed by atoms with Gasteiger partial charge in [-0.15, -0.1) is 0 Å². The van der Waals surface area contributed by atoms with Crippen molar-refractivity contribution in [2.24, 2.45) is 5.92 Å². The molecule has 0 heterocycles. The van der Waals surface area contributed by atoms with Gasteiger partial charge in [0.15, 0.2) is 0 Å². The van der Waals surface area contributed by atoms with Gasteiger partial charge in [-0.25, -0.2) is 0 Å². The molecule has 0 saturated carbocycles. The Labute approximate surface area is 58.0 Å². The van der Waals surface area contributed by atoms with Gasteiger partial charge in [-0.3, -0.25) is 0 Å². The van der Waals surface area contributed by atoms with Crippen LogP contribution in [0.15, 0.2) is 0 Å². The van der Waals surface area contributed by atoms with Crippen molar-refractivity contribution >= 4 is 5.71 Å². The van der Waals surface area contributed by atoms with E-state index in [1.807, 2.05) is 0 Å². The summed E-state index contributed by atoms with van der Waals surface area (Å²) in [7, 11) is 0. The van der Waals surface area contributed by atoms with Gasteiger partial charge in [-0.05, 0) is 25.2 Å². The first-order valence-electron chi connectivity index (χ1n) is 3.83. The summed E-state index contributed by atoms with van der Waals surface area (Å²) in [5.41, 5.74) is 0.917. The summed E-state index contributed by atoms with van der Waals surface area (Å²) in [5.74, 6) is 0.551. The topological polar surface area (TPSA) is 23.9 Å². The van der Waals surface area contributed by atoms with Crippen LogP contribution >= 0.6 is 0 Å². The van der Waals surface area contributed by atoms with E-state index >= 15 is 0 Å². The summed E-state index contributed by atoms with van der Waals surface area (Å²) < 4.78 is 0. The van der Waals surface area contributed by atoms with Crippen LogP contribution in [0.5, 0.6) is 0 Å². The highest BCUT2D eigenvalue weighted by molar-refractivity contribution is 5.83. The van der Waals surface area contributed by atoms with Gasteiger partial charge in [0.05, 0.1) is 0 Å². The van der Waals surface area contributed by atoms with E-state index in [4.69, 9.17) is 5.41 Å². The molecule has 0 aliphatic carbocycles. The molecule has 1 heteroatoms. The molecule has 0 amide bonds. The highest BCUT2D eigenvalue weighted by Crippen LogP contribution is 2.10. The fraction of sp³-hybridized carbons (Fsp3) is 0.875. The largest absolute Gasteiger partial charge is 0.309 e. The molecule has 0 aromatic rings. The second kappa shape index (κ2) is 4.54. The molecule has 0 aromatic carbocycles. The van der Waals surface area contributed by atoms with Crippen molar-refractivity contribution in [3.05, 3.63) is 0 Å². The second-order valence-electron chi connectivity index (χ2n) is 2.39. The van der Waals surface area contributed by atoms with E-state index in [0.717, 1.165) is 25.0 Å². The zero-order chi connectivity index (χ0) is 7.28. The monoisotopic (exact) mass is 127 g/mol. The Hall–Kier alpha value is -0.330. The molecule has 1 N–H and O–H groups in total. The predicted molar refractivity (Wildman–Crippen MR) is 42.1 cm³/mol. The minimum atomic E-state index is 0.551. The van der Waals surface area contributed by atoms with Crippen molar-refractivity contribution in [3.63, 3.8) is 0 Å². The van der Waals surface area contributed by atoms with Crippen LogP contribution in [0.1, 0.15) is 40.0 Å². The molecule has 1 nitrogen and oxygen atoms in total. The van der Waals surface area contributed by atoms with Crippen molar-refractivity contribution in [3.8, 4) is 0 Å². The number of hydrogen-bond donors (Lipinski definition) is 1. The van der Waals surface area contributed by atoms with Crippen LogP contribution < -0.4 is 0 Å². The van der Waals surface area contributed by atoms with Crippen molar-refractivity contribution < 1.29 is 0 Å². The third-order valence-electron chi connectivity index (χ3n) is 1.86. The van der Waals surface area contributed by atoms with E-state index in [-0.39, 0.29) is 0 Å². The van der Waals surface area contributed by atoms with Gasteiger partial charge in [0.25, 0.3) is 0 Å². The molecule has 0 fully saturated rings. The third-order valence-corrected chi connectivity index (χ3v) is 1.86. The normalized spacial score (nSPS) is 10.2. The Morgan fingerprint density at radius 2 is 1.67 bits per heavy atom. The van der Waals surface area contributed by atoms with Gasteiger partial charge in [0.2, 0.25) is 0 Å². The molecule has 0 spiro atoms. The van der Waals surface area contributed by atoms with E-state index in [1.54, 1.807) is 0 Å². The zero-order valence-corrected chi connectivity index (χ0v) is 6.70. The molecule has 0 bridgehead atoms. The summed E-state index contributed by atoms with van der Waals surface area (Å²) in [6, 6.07) is 0. The van der Waals surface area contributed by atoms with Gasteiger partial charge in [-0.1, -0.05) is 20.8 Å². The smallest absolute Gasteiger partial charge is 0.0117 e. The average Bonchev–Trinajstić information content (AvgIpc) is 1.90. The average molecular weight is 127 g/mol. The summed E-state index contributed by atoms with van der Waals surface area (Å²) in [6.07, 6.45) is 3.18. The first kappa shape index (κ1) is 8.67. The standard InChI is InChI=1S/C8H17N/c1-4-7(5-2)8(9)6-3/h7,9H,4-6H2,1-3H3. The SMILES string of the molecule is CCC(=N)C(CC)CC. The summed E-state index contributed by atoms with van der Waals surface area (Å²) in [4.78, 5) is 0. The van der Waals surface area contributed by atoms with E-state index in [2.05, 4.69) is 20.8 Å². The quantitative estimate of drug-likeness (QED) is 0.561. The Morgan fingerprint density at radius 1 is 1.22 bits per heavy atom. The lowest BCUT2D eigenvalue weighted by Gasteiger charge is -2.10. The minimum absolute atomic E-state index is 0.551. The first-order valence-corrected chi connectivity index (χ1v) is 3.83. The van der Waals surface area contributed by atoms with Gasteiger partial charge in [0, 0.05) is 5.71 Å². The maximum atomic E-state index is 7.49. The third kappa shape index (κ3) is 2.64. The predicted octanol–water partition coefficient (Wildman–Crippen LogP) is 2.85. The van der Waals surface area contributed by atoms with Crippen LogP contribution in [0.4, 0.5) is 0 Å². The lowest BCUT2D eigenvalue weighted by atomic mass is 9.96. The highest BCUT2D eigenvalue weighted by Gasteiger charge is 2.06. The van der Waals surface area contributed by atoms with Crippen molar-refractivity contribution in [1.29, 1.82) is 5.41 Å². The van der Waals surface area contributed by atoms with Crippen LogP contribution in [0.25, 0.3) is 0 Å². The van der Waals surface area contributed by atoms with Crippen molar-refractivity contribution in [2.75, 3.05) is 0 Å². The molecule has 0 aliphatic rings. The lowest BCUT2D eigenvalue weighted by Crippen LogP contribution is -2.09. The lowest BCUT2D eigenvalue weighted by molar-refractivity contribution is 0.629. The molecule has 54 valence electrons. The van der Waals surface area contributed by atoms with Gasteiger partial charge >= 0.3 is 0 Å². The molecule has 0 atom stereocenters. The van der Waals surface area contributed by atoms with E-state index in [0.29, 0.717) is 5.92 Å². The van der Waals surface area contributed by atoms with Crippen molar-refractivity contribution in [1.82, 2.24) is 0 Å². The maximum Gasteiger partial charge on any atom is 0.0117 e. The van der Waals surface area contributed by atoms with Gasteiger partial charge in [0.1, 0.15) is 0 Å². The van der Waals surface area contributed by atoms with Gasteiger partial charge < -0.3 is 5.41 Å². The van der Waals surface area contributed by atoms with Crippen LogP contribution in [0.3, 0.4) is 0 Å². The highest BCUT2D eigenvalue weighted by atomic mass is 14.4. The first-order chi connectivity index (χ1) is 4.26. The Bertz CT molecular complexity index is 82.6. The van der Waals surface area contributed by atoms with Crippen LogP contribution in [0, 0.1) is 11.3 Å². The van der Waals surface area contributed by atoms with Crippen LogP contribution in [-0.4, -0.2) is 5.71 Å². The molecule has 9 heavy (non-hydrogen) atoms. The molecule has 0 aliphatic heterocycles. The second-order valence-corrected chi connectivity index (χ2v) is 2.39. The number of rotatable bonds is 4. The summed E-state index contributed by atoms with van der Waals surface area (Å²) in [5, 5.41) is 7.49. The van der Waals surface area contributed by atoms with Crippen molar-refractivity contribution in [2.45, 2.75) is 40.0 Å². The van der Waals surface area contributed by atoms with Gasteiger partial charge in [-0.2, -0.15) is 0 Å². The van der Waals surface area contributed by atoms with E-state index in [9.17, 15) is 0 Å². The summed E-state index contributed by atoms with van der Waals surface area (Å²) >= 11 is 0. The fourth-order valence-corrected chi connectivity index (χ4v) is 1.07. The van der Waals surface area contributed by atoms with Crippen LogP contribution in [-0.2, 0) is 0 Å². The Kier molecular flexibility index (Phi) is 4.37. The Morgan fingerprint density at radius 3 is 1.78 bits per heavy atom. The minimum Gasteiger partial charge on any atom is -0.309 e. The number of nitrogens with one attached hydrogen (secondary N) is 1. The molecule has 0 rings (SSSR count). The zero-order valence-electron chi connectivity index (χ0n) is 6.70. The Balaban J connectivity index is 3.64. The molecule has 0 unspecified atom stereocenters. The summed E-state index contributed by atoms with van der Waals surface area (Å²) in [6.45, 7) is 6.36.